The molecule has 208 valence electrons. The summed E-state index contributed by atoms with van der Waals surface area (Å²) in [6.07, 6.45) is 4.74. The van der Waals surface area contributed by atoms with E-state index in [2.05, 4.69) is 26.9 Å². The van der Waals surface area contributed by atoms with Gasteiger partial charge in [-0.1, -0.05) is 11.6 Å². The van der Waals surface area contributed by atoms with Crippen molar-refractivity contribution in [2.45, 2.75) is 18.9 Å². The quantitative estimate of drug-likeness (QED) is 0.225. The number of rotatable bonds is 7. The fourth-order valence-electron chi connectivity index (χ4n) is 4.65. The van der Waals surface area contributed by atoms with E-state index < -0.39 is 0 Å². The van der Waals surface area contributed by atoms with E-state index in [0.29, 0.717) is 44.5 Å². The van der Waals surface area contributed by atoms with Crippen LogP contribution in [0.1, 0.15) is 39.1 Å². The van der Waals surface area contributed by atoms with Gasteiger partial charge in [0.05, 0.1) is 33.6 Å². The molecular weight excluding hydrogens is 540 g/mol. The number of piperidine rings is 1. The molecule has 1 saturated heterocycles. The van der Waals surface area contributed by atoms with Gasteiger partial charge in [0.15, 0.2) is 0 Å². The molecule has 4 N–H and O–H groups in total. The fourth-order valence-corrected chi connectivity index (χ4v) is 4.88. The summed E-state index contributed by atoms with van der Waals surface area (Å²) in [7, 11) is 1.84. The van der Waals surface area contributed by atoms with Crippen molar-refractivity contribution in [1.82, 2.24) is 4.57 Å². The normalized spacial score (nSPS) is 13.4. The van der Waals surface area contributed by atoms with Crippen LogP contribution in [0.4, 0.5) is 28.4 Å². The van der Waals surface area contributed by atoms with Gasteiger partial charge in [-0.2, -0.15) is 5.26 Å². The first-order chi connectivity index (χ1) is 19.8. The molecule has 1 aliphatic rings. The van der Waals surface area contributed by atoms with Crippen LogP contribution >= 0.6 is 11.6 Å². The number of aromatic nitrogens is 1. The Labute approximate surface area is 243 Å². The van der Waals surface area contributed by atoms with Crippen LogP contribution in [0.25, 0.3) is 0 Å². The highest BCUT2D eigenvalue weighted by Crippen LogP contribution is 2.31. The number of benzene rings is 3. The first-order valence-electron chi connectivity index (χ1n) is 13.2. The van der Waals surface area contributed by atoms with E-state index >= 15 is 0 Å². The van der Waals surface area contributed by atoms with E-state index in [1.54, 1.807) is 71.6 Å². The smallest absolute Gasteiger partial charge is 0.257 e. The monoisotopic (exact) mass is 568 g/mol. The van der Waals surface area contributed by atoms with Crippen molar-refractivity contribution in [3.05, 3.63) is 101 Å². The minimum absolute atomic E-state index is 0.242. The van der Waals surface area contributed by atoms with E-state index in [-0.39, 0.29) is 17.9 Å². The number of hydrogen-bond donors (Lipinski definition) is 4. The van der Waals surface area contributed by atoms with E-state index in [9.17, 15) is 20.0 Å². The number of carbonyl (C=O) groups is 2. The molecule has 0 spiro atoms. The van der Waals surface area contributed by atoms with Crippen LogP contribution in [0, 0.1) is 11.3 Å². The second-order valence-electron chi connectivity index (χ2n) is 9.93. The first-order valence-corrected chi connectivity index (χ1v) is 13.6. The van der Waals surface area contributed by atoms with Crippen LogP contribution in [0.5, 0.6) is 0 Å². The molecule has 10 heteroatoms. The van der Waals surface area contributed by atoms with Crippen molar-refractivity contribution in [3.8, 4) is 6.07 Å². The van der Waals surface area contributed by atoms with Crippen molar-refractivity contribution >= 4 is 51.9 Å². The zero-order valence-corrected chi connectivity index (χ0v) is 23.2. The molecule has 3 aromatic carbocycles. The van der Waals surface area contributed by atoms with Gasteiger partial charge < -0.3 is 30.5 Å². The number of aryl methyl sites for hydroxylation is 1. The predicted octanol–water partition coefficient (Wildman–Crippen LogP) is 5.76. The molecular formula is C31H29ClN6O3. The molecule has 0 aliphatic carbocycles. The van der Waals surface area contributed by atoms with Crippen LogP contribution in [-0.4, -0.2) is 40.7 Å². The van der Waals surface area contributed by atoms with E-state index in [1.807, 2.05) is 19.2 Å². The molecule has 1 aliphatic heterocycles. The Morgan fingerprint density at radius 2 is 1.54 bits per heavy atom. The minimum Gasteiger partial charge on any atom is -0.393 e. The highest BCUT2D eigenvalue weighted by atomic mass is 35.5. The average Bonchev–Trinajstić information content (AvgIpc) is 3.42. The summed E-state index contributed by atoms with van der Waals surface area (Å²) < 4.78 is 1.79. The lowest BCUT2D eigenvalue weighted by atomic mass is 10.1. The third-order valence-corrected chi connectivity index (χ3v) is 7.26. The molecule has 1 fully saturated rings. The zero-order valence-electron chi connectivity index (χ0n) is 22.4. The van der Waals surface area contributed by atoms with Crippen LogP contribution in [0.3, 0.4) is 0 Å². The lowest BCUT2D eigenvalue weighted by molar-refractivity contribution is 0.101. The average molecular weight is 569 g/mol. The fraction of sp³-hybridized carbons (Fsp3) is 0.194. The van der Waals surface area contributed by atoms with Gasteiger partial charge >= 0.3 is 0 Å². The van der Waals surface area contributed by atoms with Crippen molar-refractivity contribution in [3.63, 3.8) is 0 Å². The topological polar surface area (TPSA) is 122 Å². The Balaban J connectivity index is 1.22. The maximum Gasteiger partial charge on any atom is 0.257 e. The maximum absolute atomic E-state index is 12.9. The Bertz CT molecular complexity index is 1620. The third kappa shape index (κ3) is 6.69. The third-order valence-electron chi connectivity index (χ3n) is 6.95. The van der Waals surface area contributed by atoms with Gasteiger partial charge in [-0.05, 0) is 79.6 Å². The molecule has 0 atom stereocenters. The Morgan fingerprint density at radius 3 is 2.15 bits per heavy atom. The van der Waals surface area contributed by atoms with Gasteiger partial charge in [-0.25, -0.2) is 0 Å². The number of aliphatic hydroxyl groups excluding tert-OH is 1. The summed E-state index contributed by atoms with van der Waals surface area (Å²) in [5.41, 5.74) is 4.46. The first kappa shape index (κ1) is 27.8. The molecule has 0 unspecified atom stereocenters. The molecule has 0 bridgehead atoms. The summed E-state index contributed by atoms with van der Waals surface area (Å²) in [4.78, 5) is 27.5. The van der Waals surface area contributed by atoms with Crippen molar-refractivity contribution < 1.29 is 14.7 Å². The minimum atomic E-state index is -0.286. The van der Waals surface area contributed by atoms with Gasteiger partial charge in [-0.15, -0.1) is 0 Å². The van der Waals surface area contributed by atoms with Gasteiger partial charge in [-0.3, -0.25) is 9.59 Å². The molecule has 1 aromatic heterocycles. The predicted molar refractivity (Wildman–Crippen MR) is 161 cm³/mol. The Kier molecular flexibility index (Phi) is 8.24. The van der Waals surface area contributed by atoms with Crippen LogP contribution in [-0.2, 0) is 7.05 Å². The van der Waals surface area contributed by atoms with Gasteiger partial charge in [0.25, 0.3) is 11.8 Å². The number of hydrogen-bond acceptors (Lipinski definition) is 6. The van der Waals surface area contributed by atoms with Crippen LogP contribution in [0.2, 0.25) is 5.02 Å². The van der Waals surface area contributed by atoms with Gasteiger partial charge in [0, 0.05) is 55.2 Å². The highest BCUT2D eigenvalue weighted by molar-refractivity contribution is 6.33. The summed E-state index contributed by atoms with van der Waals surface area (Å²) in [6, 6.07) is 21.3. The summed E-state index contributed by atoms with van der Waals surface area (Å²) >= 11 is 6.47. The molecule has 4 aromatic rings. The lowest BCUT2D eigenvalue weighted by Crippen LogP contribution is -2.35. The lowest BCUT2D eigenvalue weighted by Gasteiger charge is -2.31. The summed E-state index contributed by atoms with van der Waals surface area (Å²) in [6.45, 7) is 1.56. The number of nitrogens with one attached hydrogen (secondary N) is 3. The summed E-state index contributed by atoms with van der Waals surface area (Å²) in [5.74, 6) is -0.531. The van der Waals surface area contributed by atoms with Crippen molar-refractivity contribution in [2.24, 2.45) is 7.05 Å². The van der Waals surface area contributed by atoms with Gasteiger partial charge in [0.1, 0.15) is 6.07 Å². The largest absolute Gasteiger partial charge is 0.393 e. The second-order valence-corrected chi connectivity index (χ2v) is 10.3. The summed E-state index contributed by atoms with van der Waals surface area (Å²) in [5, 5.41) is 28.7. The van der Waals surface area contributed by atoms with E-state index in [4.69, 9.17) is 11.6 Å². The van der Waals surface area contributed by atoms with Crippen LogP contribution in [0.15, 0.2) is 79.1 Å². The number of nitrogens with zero attached hydrogens (tertiary/aromatic N) is 3. The van der Waals surface area contributed by atoms with E-state index in [0.717, 1.165) is 31.6 Å². The molecule has 5 rings (SSSR count). The molecule has 9 nitrogen and oxygen atoms in total. The van der Waals surface area contributed by atoms with Gasteiger partial charge in [0.2, 0.25) is 0 Å². The number of anilines is 5. The second kappa shape index (κ2) is 12.2. The molecule has 2 heterocycles. The Hall–Kier alpha value is -4.78. The number of carbonyl (C=O) groups excluding carboxylic acids is 2. The van der Waals surface area contributed by atoms with Crippen molar-refractivity contribution in [1.29, 1.82) is 5.26 Å². The number of amides is 2. The molecule has 41 heavy (non-hydrogen) atoms. The van der Waals surface area contributed by atoms with E-state index in [1.165, 1.54) is 0 Å². The maximum atomic E-state index is 12.9. The molecule has 2 amide bonds. The van der Waals surface area contributed by atoms with Crippen LogP contribution < -0.4 is 20.9 Å². The number of nitriles is 1. The zero-order chi connectivity index (χ0) is 28.9. The number of halogens is 1. The Morgan fingerprint density at radius 1 is 0.902 bits per heavy atom. The SMILES string of the molecule is Cn1ccc(C(=O)Nc2ccc(Nc3ccc(NC(=O)c4ccc(N5CCC(O)CC5)cc4)cc3C#N)c(Cl)c2)c1. The number of aliphatic hydroxyl groups is 1. The van der Waals surface area contributed by atoms with Crippen molar-refractivity contribution in [2.75, 3.05) is 33.9 Å². The standard InChI is InChI=1S/C31H29ClN6O3/c1-37-13-10-21(19-37)31(41)35-24-5-9-29(27(32)17-24)36-28-8-4-23(16-22(28)18-33)34-30(40)20-2-6-25(7-3-20)38-14-11-26(39)12-15-38/h2-10,13,16-17,19,26,36,39H,11-12,14-15H2,1H3,(H,34,40)(H,35,41). The molecule has 0 radical (unpaired) electrons. The highest BCUT2D eigenvalue weighted by Gasteiger charge is 2.18. The molecule has 0 saturated carbocycles.